The Kier molecular flexibility index (Phi) is 4.28. The van der Waals surface area contributed by atoms with Crippen LogP contribution in [-0.4, -0.2) is 12.4 Å². The van der Waals surface area contributed by atoms with E-state index < -0.39 is 11.8 Å². The van der Waals surface area contributed by atoms with E-state index in [-0.39, 0.29) is 0 Å². The molecule has 0 aliphatic carbocycles. The lowest BCUT2D eigenvalue weighted by Gasteiger charge is -2.18. The number of hydrazine groups is 1. The highest BCUT2D eigenvalue weighted by Gasteiger charge is 2.09. The Morgan fingerprint density at radius 1 is 1.05 bits per heavy atom. The highest BCUT2D eigenvalue weighted by atomic mass is 19.1. The van der Waals surface area contributed by atoms with Crippen LogP contribution in [0, 0.1) is 5.82 Å². The van der Waals surface area contributed by atoms with Crippen LogP contribution in [0.4, 0.5) is 20.6 Å². The van der Waals surface area contributed by atoms with Crippen LogP contribution in [0.1, 0.15) is 0 Å². The molecule has 102 valence electrons. The van der Waals surface area contributed by atoms with Crippen LogP contribution in [0.5, 0.6) is 0 Å². The number of benzene rings is 2. The summed E-state index contributed by atoms with van der Waals surface area (Å²) in [5, 5.41) is 3.53. The number of hydrogen-bond donors (Lipinski definition) is 2. The number of nitrogens with one attached hydrogen (secondary N) is 2. The maximum Gasteiger partial charge on any atom is 0.338 e. The van der Waals surface area contributed by atoms with E-state index in [0.717, 1.165) is 5.01 Å². The fraction of sp³-hybridized carbons (Fsp3) is 0. The highest BCUT2D eigenvalue weighted by Crippen LogP contribution is 2.10. The number of carbonyl (C=O) groups is 2. The molecule has 0 spiro atoms. The number of hydrogen-bond acceptors (Lipinski definition) is 2. The Morgan fingerprint density at radius 2 is 1.70 bits per heavy atom. The molecule has 20 heavy (non-hydrogen) atoms. The normalized spacial score (nSPS) is 9.65. The highest BCUT2D eigenvalue weighted by molar-refractivity contribution is 5.93. The number of urea groups is 1. The van der Waals surface area contributed by atoms with Crippen molar-refractivity contribution in [2.24, 2.45) is 0 Å². The minimum Gasteiger partial charge on any atom is -0.307 e. The molecule has 0 aliphatic heterocycles. The summed E-state index contributed by atoms with van der Waals surface area (Å²) in [7, 11) is 0. The fourth-order valence-corrected chi connectivity index (χ4v) is 1.54. The van der Waals surface area contributed by atoms with Crippen LogP contribution in [0.3, 0.4) is 0 Å². The van der Waals surface area contributed by atoms with Crippen molar-refractivity contribution >= 4 is 23.8 Å². The largest absolute Gasteiger partial charge is 0.338 e. The minimum atomic E-state index is -0.604. The SMILES string of the molecule is O=CN(NC(=O)Nc1ccc(F)cc1)c1ccccc1. The zero-order chi connectivity index (χ0) is 14.4. The molecule has 0 bridgehead atoms. The average molecular weight is 273 g/mol. The van der Waals surface area contributed by atoms with Gasteiger partial charge in [0.05, 0.1) is 5.69 Å². The molecule has 0 radical (unpaired) electrons. The van der Waals surface area contributed by atoms with Crippen molar-refractivity contribution < 1.29 is 14.0 Å². The van der Waals surface area contributed by atoms with Gasteiger partial charge in [-0.3, -0.25) is 4.79 Å². The quantitative estimate of drug-likeness (QED) is 0.664. The van der Waals surface area contributed by atoms with Gasteiger partial charge in [0.1, 0.15) is 5.82 Å². The van der Waals surface area contributed by atoms with Crippen molar-refractivity contribution in [1.29, 1.82) is 0 Å². The molecule has 2 aromatic carbocycles. The van der Waals surface area contributed by atoms with Crippen LogP contribution in [0.15, 0.2) is 54.6 Å². The first-order valence-electron chi connectivity index (χ1n) is 5.82. The molecular formula is C14H12FN3O2. The van der Waals surface area contributed by atoms with Crippen LogP contribution in [-0.2, 0) is 4.79 Å². The molecule has 0 fully saturated rings. The van der Waals surface area contributed by atoms with Crippen LogP contribution in [0.25, 0.3) is 0 Å². The van der Waals surface area contributed by atoms with Crippen molar-refractivity contribution in [1.82, 2.24) is 5.43 Å². The van der Waals surface area contributed by atoms with Gasteiger partial charge in [-0.1, -0.05) is 18.2 Å². The molecule has 0 saturated heterocycles. The first-order chi connectivity index (χ1) is 9.69. The Labute approximate surface area is 115 Å². The Balaban J connectivity index is 1.99. The van der Waals surface area contributed by atoms with Gasteiger partial charge in [0.2, 0.25) is 6.41 Å². The van der Waals surface area contributed by atoms with Crippen molar-refractivity contribution in [2.75, 3.05) is 10.3 Å². The first-order valence-corrected chi connectivity index (χ1v) is 5.82. The molecule has 0 saturated carbocycles. The summed E-state index contributed by atoms with van der Waals surface area (Å²) in [6, 6.07) is 13.3. The smallest absolute Gasteiger partial charge is 0.307 e. The van der Waals surface area contributed by atoms with E-state index >= 15 is 0 Å². The van der Waals surface area contributed by atoms with Gasteiger partial charge in [0.25, 0.3) is 0 Å². The minimum absolute atomic E-state index is 0.394. The Hall–Kier alpha value is -2.89. The van der Waals surface area contributed by atoms with Gasteiger partial charge < -0.3 is 5.32 Å². The second-order valence-corrected chi connectivity index (χ2v) is 3.88. The first kappa shape index (κ1) is 13.5. The predicted molar refractivity (Wildman–Crippen MR) is 73.5 cm³/mol. The lowest BCUT2D eigenvalue weighted by Crippen LogP contribution is -2.43. The van der Waals surface area contributed by atoms with Gasteiger partial charge in [-0.15, -0.1) is 0 Å². The summed E-state index contributed by atoms with van der Waals surface area (Å²) < 4.78 is 12.7. The van der Waals surface area contributed by atoms with E-state index in [2.05, 4.69) is 10.7 Å². The molecule has 3 amide bonds. The molecule has 2 rings (SSSR count). The van der Waals surface area contributed by atoms with Crippen molar-refractivity contribution in [3.05, 3.63) is 60.4 Å². The van der Waals surface area contributed by atoms with Crippen LogP contribution in [0.2, 0.25) is 0 Å². The Bertz CT molecular complexity index is 587. The average Bonchev–Trinajstić information content (AvgIpc) is 2.48. The molecule has 2 N–H and O–H groups in total. The number of amides is 3. The molecule has 0 aliphatic rings. The van der Waals surface area contributed by atoms with Gasteiger partial charge in [-0.25, -0.2) is 19.6 Å². The number of halogens is 1. The van der Waals surface area contributed by atoms with Gasteiger partial charge in [-0.05, 0) is 36.4 Å². The summed E-state index contributed by atoms with van der Waals surface area (Å²) in [5.41, 5.74) is 3.31. The van der Waals surface area contributed by atoms with Gasteiger partial charge >= 0.3 is 6.03 Å². The third-order valence-corrected chi connectivity index (χ3v) is 2.46. The van der Waals surface area contributed by atoms with Gasteiger partial charge in [0, 0.05) is 5.69 Å². The van der Waals surface area contributed by atoms with Crippen molar-refractivity contribution in [3.8, 4) is 0 Å². The van der Waals surface area contributed by atoms with E-state index in [4.69, 9.17) is 0 Å². The summed E-state index contributed by atoms with van der Waals surface area (Å²) >= 11 is 0. The predicted octanol–water partition coefficient (Wildman–Crippen LogP) is 2.53. The zero-order valence-corrected chi connectivity index (χ0v) is 10.4. The number of anilines is 2. The maximum atomic E-state index is 12.7. The van der Waals surface area contributed by atoms with Crippen molar-refractivity contribution in [2.45, 2.75) is 0 Å². The second kappa shape index (κ2) is 6.33. The van der Waals surface area contributed by atoms with E-state index in [9.17, 15) is 14.0 Å². The summed E-state index contributed by atoms with van der Waals surface area (Å²) in [6.07, 6.45) is 0.486. The summed E-state index contributed by atoms with van der Waals surface area (Å²) in [6.45, 7) is 0. The fourth-order valence-electron chi connectivity index (χ4n) is 1.54. The van der Waals surface area contributed by atoms with Gasteiger partial charge in [-0.2, -0.15) is 0 Å². The third kappa shape index (κ3) is 3.55. The monoisotopic (exact) mass is 273 g/mol. The summed E-state index contributed by atoms with van der Waals surface area (Å²) in [4.78, 5) is 22.7. The number of carbonyl (C=O) groups excluding carboxylic acids is 2. The molecule has 2 aromatic rings. The second-order valence-electron chi connectivity index (χ2n) is 3.88. The van der Waals surface area contributed by atoms with Crippen LogP contribution >= 0.6 is 0 Å². The van der Waals surface area contributed by atoms with Gasteiger partial charge in [0.15, 0.2) is 0 Å². The Morgan fingerprint density at radius 3 is 2.30 bits per heavy atom. The number of para-hydroxylation sites is 1. The molecular weight excluding hydrogens is 261 g/mol. The molecule has 0 unspecified atom stereocenters. The molecule has 0 aromatic heterocycles. The van der Waals surface area contributed by atoms with Crippen LogP contribution < -0.4 is 15.8 Å². The maximum absolute atomic E-state index is 12.7. The third-order valence-electron chi connectivity index (χ3n) is 2.46. The van der Waals surface area contributed by atoms with E-state index in [1.165, 1.54) is 24.3 Å². The molecule has 5 nitrogen and oxygen atoms in total. The topological polar surface area (TPSA) is 61.4 Å². The number of rotatable bonds is 4. The lowest BCUT2D eigenvalue weighted by molar-refractivity contribution is -0.107. The van der Waals surface area contributed by atoms with Crippen molar-refractivity contribution in [3.63, 3.8) is 0 Å². The van der Waals surface area contributed by atoms with E-state index in [0.29, 0.717) is 17.8 Å². The van der Waals surface area contributed by atoms with E-state index in [1.807, 2.05) is 0 Å². The summed E-state index contributed by atoms with van der Waals surface area (Å²) in [5.74, 6) is -0.394. The standard InChI is InChI=1S/C14H12FN3O2/c15-11-6-8-12(9-7-11)16-14(20)17-18(10-19)13-4-2-1-3-5-13/h1-10H,(H2,16,17,20). The van der Waals surface area contributed by atoms with E-state index in [1.54, 1.807) is 30.3 Å². The lowest BCUT2D eigenvalue weighted by atomic mass is 10.3. The molecule has 6 heteroatoms. The number of nitrogens with zero attached hydrogens (tertiary/aromatic N) is 1. The molecule has 0 atom stereocenters. The molecule has 0 heterocycles. The zero-order valence-electron chi connectivity index (χ0n) is 10.4.